The minimum atomic E-state index is 0.593. The van der Waals surface area contributed by atoms with Crippen molar-refractivity contribution in [3.05, 3.63) is 34.8 Å². The summed E-state index contributed by atoms with van der Waals surface area (Å²) in [4.78, 5) is 13.1. The van der Waals surface area contributed by atoms with Crippen molar-refractivity contribution in [2.24, 2.45) is 10.7 Å². The number of likely N-dealkylation sites (tertiary alicyclic amines) is 1. The smallest absolute Gasteiger partial charge is 0.119 e. The number of hydrogen-bond acceptors (Lipinski definition) is 5. The van der Waals surface area contributed by atoms with Crippen molar-refractivity contribution in [2.75, 3.05) is 31.1 Å². The molecule has 5 nitrogen and oxygen atoms in total. The highest BCUT2D eigenvalue weighted by molar-refractivity contribution is 9.11. The minimum absolute atomic E-state index is 0.593. The molecule has 0 atom stereocenters. The first-order chi connectivity index (χ1) is 10.7. The fourth-order valence-electron chi connectivity index (χ4n) is 2.97. The van der Waals surface area contributed by atoms with E-state index in [0.29, 0.717) is 12.4 Å². The molecule has 118 valence electrons. The summed E-state index contributed by atoms with van der Waals surface area (Å²) in [5.41, 5.74) is 8.16. The molecule has 1 fully saturated rings. The highest BCUT2D eigenvalue weighted by Gasteiger charge is 2.16. The van der Waals surface area contributed by atoms with Gasteiger partial charge in [0.25, 0.3) is 0 Å². The molecule has 0 aromatic carbocycles. The molecule has 22 heavy (non-hydrogen) atoms. The molecule has 1 aromatic heterocycles. The zero-order valence-corrected chi connectivity index (χ0v) is 14.3. The van der Waals surface area contributed by atoms with Crippen LogP contribution in [-0.2, 0) is 6.42 Å². The molecular formula is C16H22BrN5. The Balaban J connectivity index is 1.60. The third-order valence-electron chi connectivity index (χ3n) is 4.15. The first-order valence-electron chi connectivity index (χ1n) is 7.84. The average Bonchev–Trinajstić information content (AvgIpc) is 3.03. The van der Waals surface area contributed by atoms with Crippen LogP contribution in [0, 0.1) is 0 Å². The number of aromatic nitrogens is 1. The Morgan fingerprint density at radius 1 is 1.23 bits per heavy atom. The summed E-state index contributed by atoms with van der Waals surface area (Å²) in [5.74, 6) is 0.614. The second kappa shape index (κ2) is 7.24. The largest absolute Gasteiger partial charge is 0.386 e. The van der Waals surface area contributed by atoms with E-state index < -0.39 is 0 Å². The predicted molar refractivity (Wildman–Crippen MR) is 94.2 cm³/mol. The molecule has 0 bridgehead atoms. The summed E-state index contributed by atoms with van der Waals surface area (Å²) in [5, 5.41) is 0. The fraction of sp³-hybridized carbons (Fsp3) is 0.500. The lowest BCUT2D eigenvalue weighted by Gasteiger charge is -2.26. The molecule has 2 aliphatic rings. The summed E-state index contributed by atoms with van der Waals surface area (Å²) in [7, 11) is 0. The van der Waals surface area contributed by atoms with Crippen LogP contribution < -0.4 is 10.6 Å². The Labute approximate surface area is 140 Å². The number of rotatable bonds is 5. The minimum Gasteiger partial charge on any atom is -0.386 e. The molecule has 3 heterocycles. The van der Waals surface area contributed by atoms with Crippen molar-refractivity contribution in [3.8, 4) is 0 Å². The second-order valence-corrected chi connectivity index (χ2v) is 6.67. The van der Waals surface area contributed by atoms with Crippen LogP contribution in [0.25, 0.3) is 0 Å². The van der Waals surface area contributed by atoms with Gasteiger partial charge in [0.05, 0.1) is 24.6 Å². The molecule has 0 spiro atoms. The number of aryl methyl sites for hydroxylation is 1. The van der Waals surface area contributed by atoms with E-state index in [-0.39, 0.29) is 0 Å². The molecule has 0 radical (unpaired) electrons. The van der Waals surface area contributed by atoms with Gasteiger partial charge in [-0.15, -0.1) is 0 Å². The highest BCUT2D eigenvalue weighted by atomic mass is 79.9. The number of nitrogens with zero attached hydrogens (tertiary/aromatic N) is 4. The van der Waals surface area contributed by atoms with E-state index in [1.54, 1.807) is 6.20 Å². The average molecular weight is 364 g/mol. The second-order valence-electron chi connectivity index (χ2n) is 5.86. The first kappa shape index (κ1) is 15.5. The van der Waals surface area contributed by atoms with Crippen molar-refractivity contribution in [3.63, 3.8) is 0 Å². The van der Waals surface area contributed by atoms with Gasteiger partial charge in [-0.3, -0.25) is 4.98 Å². The maximum atomic E-state index is 5.83. The molecule has 3 rings (SSSR count). The van der Waals surface area contributed by atoms with Gasteiger partial charge < -0.3 is 15.5 Å². The lowest BCUT2D eigenvalue weighted by molar-refractivity contribution is 0.334. The SMILES string of the molecule is NC1=NC=C(Br)N(c2cncc(CCCN3CCCC3)c2)C1. The summed E-state index contributed by atoms with van der Waals surface area (Å²) in [6.45, 7) is 4.32. The predicted octanol–water partition coefficient (Wildman–Crippen LogP) is 2.48. The maximum absolute atomic E-state index is 5.83. The van der Waals surface area contributed by atoms with E-state index in [2.05, 4.69) is 41.8 Å². The van der Waals surface area contributed by atoms with Crippen LogP contribution in [0.3, 0.4) is 0 Å². The summed E-state index contributed by atoms with van der Waals surface area (Å²) >= 11 is 3.53. The number of anilines is 1. The van der Waals surface area contributed by atoms with Gasteiger partial charge >= 0.3 is 0 Å². The number of aliphatic imine (C=N–C) groups is 1. The quantitative estimate of drug-likeness (QED) is 0.816. The van der Waals surface area contributed by atoms with E-state index in [1.807, 2.05) is 12.4 Å². The van der Waals surface area contributed by atoms with E-state index >= 15 is 0 Å². The Hall–Kier alpha value is -1.40. The third kappa shape index (κ3) is 3.87. The summed E-state index contributed by atoms with van der Waals surface area (Å²) in [6.07, 6.45) is 10.5. The van der Waals surface area contributed by atoms with Crippen LogP contribution in [0.15, 0.2) is 34.3 Å². The molecule has 2 N–H and O–H groups in total. The number of pyridine rings is 1. The highest BCUT2D eigenvalue weighted by Crippen LogP contribution is 2.25. The lowest BCUT2D eigenvalue weighted by atomic mass is 10.1. The van der Waals surface area contributed by atoms with Crippen molar-refractivity contribution < 1.29 is 0 Å². The van der Waals surface area contributed by atoms with Gasteiger partial charge in [-0.1, -0.05) is 0 Å². The Morgan fingerprint density at radius 2 is 2.05 bits per heavy atom. The van der Waals surface area contributed by atoms with Crippen LogP contribution >= 0.6 is 15.9 Å². The van der Waals surface area contributed by atoms with E-state index in [4.69, 9.17) is 5.73 Å². The zero-order chi connectivity index (χ0) is 15.4. The van der Waals surface area contributed by atoms with Gasteiger partial charge in [0.15, 0.2) is 0 Å². The van der Waals surface area contributed by atoms with Crippen LogP contribution in [0.1, 0.15) is 24.8 Å². The first-order valence-corrected chi connectivity index (χ1v) is 8.63. The molecule has 0 unspecified atom stereocenters. The fourth-order valence-corrected chi connectivity index (χ4v) is 3.40. The van der Waals surface area contributed by atoms with Crippen molar-refractivity contribution in [2.45, 2.75) is 25.7 Å². The standard InChI is InChI=1S/C16H22BrN5/c17-15-11-20-16(18)12-22(15)14-8-13(9-19-10-14)4-3-7-21-5-1-2-6-21/h8-11H,1-7,12H2,(H2,18,20). The molecule has 6 heteroatoms. The van der Waals surface area contributed by atoms with Crippen LogP contribution in [0.4, 0.5) is 5.69 Å². The normalized spacial score (nSPS) is 19.2. The van der Waals surface area contributed by atoms with Crippen molar-refractivity contribution in [1.82, 2.24) is 9.88 Å². The molecule has 0 aliphatic carbocycles. The zero-order valence-electron chi connectivity index (χ0n) is 12.7. The number of amidine groups is 1. The van der Waals surface area contributed by atoms with Gasteiger partial charge in [0, 0.05) is 6.20 Å². The van der Waals surface area contributed by atoms with Gasteiger partial charge in [0.1, 0.15) is 10.4 Å². The number of halogens is 1. The van der Waals surface area contributed by atoms with E-state index in [0.717, 1.165) is 16.7 Å². The molecule has 2 aliphatic heterocycles. The monoisotopic (exact) mass is 363 g/mol. The molecular weight excluding hydrogens is 342 g/mol. The van der Waals surface area contributed by atoms with Gasteiger partial charge in [-0.05, 0) is 72.9 Å². The number of hydrogen-bond donors (Lipinski definition) is 1. The van der Waals surface area contributed by atoms with Crippen LogP contribution in [-0.4, -0.2) is 41.9 Å². The van der Waals surface area contributed by atoms with Crippen molar-refractivity contribution >= 4 is 27.5 Å². The van der Waals surface area contributed by atoms with Crippen LogP contribution in [0.5, 0.6) is 0 Å². The van der Waals surface area contributed by atoms with Crippen LogP contribution in [0.2, 0.25) is 0 Å². The van der Waals surface area contributed by atoms with E-state index in [1.165, 1.54) is 44.5 Å². The molecule has 1 aromatic rings. The molecule has 0 amide bonds. The lowest BCUT2D eigenvalue weighted by Crippen LogP contribution is -2.34. The maximum Gasteiger partial charge on any atom is 0.119 e. The third-order valence-corrected chi connectivity index (χ3v) is 4.78. The summed E-state index contributed by atoms with van der Waals surface area (Å²) in [6, 6.07) is 2.20. The number of nitrogens with two attached hydrogens (primary N) is 1. The molecule has 0 saturated carbocycles. The van der Waals surface area contributed by atoms with Gasteiger partial charge in [-0.2, -0.15) is 0 Å². The Morgan fingerprint density at radius 3 is 2.86 bits per heavy atom. The van der Waals surface area contributed by atoms with Crippen molar-refractivity contribution in [1.29, 1.82) is 0 Å². The van der Waals surface area contributed by atoms with E-state index in [9.17, 15) is 0 Å². The Bertz CT molecular complexity index is 578. The van der Waals surface area contributed by atoms with Gasteiger partial charge in [0.2, 0.25) is 0 Å². The van der Waals surface area contributed by atoms with Gasteiger partial charge in [-0.25, -0.2) is 4.99 Å². The topological polar surface area (TPSA) is 57.8 Å². The summed E-state index contributed by atoms with van der Waals surface area (Å²) < 4.78 is 0.915. The Kier molecular flexibility index (Phi) is 5.10. The molecule has 1 saturated heterocycles.